The molecule has 0 heterocycles. The molecule has 9 unspecified atom stereocenters. The van der Waals surface area contributed by atoms with Crippen LogP contribution in [0.15, 0.2) is 5.16 Å². The van der Waals surface area contributed by atoms with Crippen LogP contribution >= 0.6 is 0 Å². The highest BCUT2D eigenvalue weighted by Crippen LogP contribution is 2.77. The van der Waals surface area contributed by atoms with Crippen LogP contribution in [0, 0.1) is 62.6 Å². The fourth-order valence-corrected chi connectivity index (χ4v) is 11.6. The summed E-state index contributed by atoms with van der Waals surface area (Å²) in [6, 6.07) is 0. The number of carbonyl (C=O) groups is 1. The molecule has 5 rings (SSSR count). The van der Waals surface area contributed by atoms with Crippen LogP contribution in [0.3, 0.4) is 0 Å². The maximum Gasteiger partial charge on any atom is 0.186 e. The summed E-state index contributed by atoms with van der Waals surface area (Å²) in [5, 5.41) is 13.3. The quantitative estimate of drug-likeness (QED) is 0.324. The van der Waals surface area contributed by atoms with Crippen molar-refractivity contribution >= 4 is 11.5 Å². The first-order valence-corrected chi connectivity index (χ1v) is 14.0. The van der Waals surface area contributed by atoms with Crippen molar-refractivity contribution in [3.63, 3.8) is 0 Å². The Morgan fingerprint density at radius 1 is 0.848 bits per heavy atom. The topological polar surface area (TPSA) is 49.7 Å². The minimum atomic E-state index is -0.438. The summed E-state index contributed by atoms with van der Waals surface area (Å²) in [6.45, 7) is 19.6. The lowest BCUT2D eigenvalue weighted by atomic mass is 9.32. The van der Waals surface area contributed by atoms with Crippen molar-refractivity contribution in [2.45, 2.75) is 113 Å². The van der Waals surface area contributed by atoms with E-state index in [-0.39, 0.29) is 11.2 Å². The average molecular weight is 456 g/mol. The van der Waals surface area contributed by atoms with Gasteiger partial charge in [0.2, 0.25) is 0 Å². The van der Waals surface area contributed by atoms with E-state index in [2.05, 4.69) is 60.5 Å². The SMILES string of the molecule is CC(C)C1CCC2(C)CCC3(C)C(CCC4C5(C)CC(=NO)C(=O)C(C)(C)C5CCC43C)C12. The van der Waals surface area contributed by atoms with Gasteiger partial charge in [-0.15, -0.1) is 0 Å². The van der Waals surface area contributed by atoms with E-state index in [1.807, 2.05) is 0 Å². The van der Waals surface area contributed by atoms with E-state index in [0.717, 1.165) is 30.1 Å². The van der Waals surface area contributed by atoms with E-state index >= 15 is 0 Å². The van der Waals surface area contributed by atoms with Crippen molar-refractivity contribution in [1.29, 1.82) is 0 Å². The minimum absolute atomic E-state index is 0.0355. The summed E-state index contributed by atoms with van der Waals surface area (Å²) in [7, 11) is 0. The van der Waals surface area contributed by atoms with E-state index in [4.69, 9.17) is 0 Å². The predicted molar refractivity (Wildman–Crippen MR) is 134 cm³/mol. The smallest absolute Gasteiger partial charge is 0.186 e. The van der Waals surface area contributed by atoms with Gasteiger partial charge in [-0.05, 0) is 109 Å². The molecule has 186 valence electrons. The summed E-state index contributed by atoms with van der Waals surface area (Å²) in [5.74, 6) is 4.42. The summed E-state index contributed by atoms with van der Waals surface area (Å²) in [5.41, 5.74) is 1.24. The summed E-state index contributed by atoms with van der Waals surface area (Å²) >= 11 is 0. The van der Waals surface area contributed by atoms with Gasteiger partial charge in [-0.3, -0.25) is 4.79 Å². The molecule has 5 saturated carbocycles. The number of fused-ring (bicyclic) bond motifs is 7. The van der Waals surface area contributed by atoms with Gasteiger partial charge in [0, 0.05) is 11.8 Å². The van der Waals surface area contributed by atoms with Gasteiger partial charge >= 0.3 is 0 Å². The third-order valence-electron chi connectivity index (χ3n) is 13.4. The number of rotatable bonds is 1. The summed E-state index contributed by atoms with van der Waals surface area (Å²) in [6.07, 6.45) is 11.3. The lowest BCUT2D eigenvalue weighted by Crippen LogP contribution is -2.67. The lowest BCUT2D eigenvalue weighted by Gasteiger charge is -2.72. The summed E-state index contributed by atoms with van der Waals surface area (Å²) in [4.78, 5) is 13.2. The number of hydrogen-bond acceptors (Lipinski definition) is 3. The van der Waals surface area contributed by atoms with Gasteiger partial charge in [0.1, 0.15) is 5.71 Å². The highest BCUT2D eigenvalue weighted by Gasteiger charge is 2.71. The molecule has 9 atom stereocenters. The molecule has 0 aliphatic heterocycles. The minimum Gasteiger partial charge on any atom is -0.411 e. The molecule has 1 N–H and O–H groups in total. The first kappa shape index (κ1) is 23.9. The molecule has 0 aromatic carbocycles. The van der Waals surface area contributed by atoms with Crippen LogP contribution in [0.2, 0.25) is 0 Å². The Kier molecular flexibility index (Phi) is 5.13. The molecule has 0 aromatic rings. The Labute approximate surface area is 202 Å². The Hall–Kier alpha value is -0.860. The predicted octanol–water partition coefficient (Wildman–Crippen LogP) is 7.75. The molecular weight excluding hydrogens is 406 g/mol. The maximum atomic E-state index is 13.2. The second kappa shape index (κ2) is 7.10. The van der Waals surface area contributed by atoms with Crippen LogP contribution in [-0.4, -0.2) is 16.7 Å². The van der Waals surface area contributed by atoms with Crippen LogP contribution in [0.4, 0.5) is 0 Å². The van der Waals surface area contributed by atoms with Crippen molar-refractivity contribution < 1.29 is 10.0 Å². The fraction of sp³-hybridized carbons (Fsp3) is 0.933. The molecule has 0 radical (unpaired) electrons. The maximum absolute atomic E-state index is 13.2. The molecule has 0 spiro atoms. The number of Topliss-reactive ketones (excluding diaryl/α,β-unsaturated/α-hetero) is 1. The molecule has 3 nitrogen and oxygen atoms in total. The third kappa shape index (κ3) is 2.80. The molecule has 5 fully saturated rings. The van der Waals surface area contributed by atoms with Gasteiger partial charge < -0.3 is 5.21 Å². The average Bonchev–Trinajstić information content (AvgIpc) is 3.09. The number of oxime groups is 1. The highest BCUT2D eigenvalue weighted by atomic mass is 16.4. The normalized spacial score (nSPS) is 54.5. The molecule has 5 aliphatic rings. The van der Waals surface area contributed by atoms with Gasteiger partial charge in [-0.25, -0.2) is 0 Å². The zero-order valence-electron chi connectivity index (χ0n) is 22.6. The first-order valence-electron chi connectivity index (χ1n) is 14.0. The van der Waals surface area contributed by atoms with E-state index in [1.54, 1.807) is 0 Å². The van der Waals surface area contributed by atoms with Gasteiger partial charge in [0.05, 0.1) is 0 Å². The molecule has 0 saturated heterocycles. The summed E-state index contributed by atoms with van der Waals surface area (Å²) < 4.78 is 0. The second-order valence-corrected chi connectivity index (χ2v) is 15.1. The van der Waals surface area contributed by atoms with Crippen molar-refractivity contribution in [1.82, 2.24) is 0 Å². The monoisotopic (exact) mass is 455 g/mol. The standard InChI is InChI=1S/C30H49NO2/c1-18(2)19-11-13-27(5)15-16-29(7)20(24(19)27)9-10-23-28(6)17-21(31-33)25(32)26(3,4)22(28)12-14-30(23,29)8/h18-20,22-24,33H,9-17H2,1-8H3. The first-order chi connectivity index (χ1) is 15.3. The number of carbonyl (C=O) groups excluding carboxylic acids is 1. The fourth-order valence-electron chi connectivity index (χ4n) is 11.6. The molecule has 0 amide bonds. The molecule has 5 aliphatic carbocycles. The number of nitrogens with zero attached hydrogens (tertiary/aromatic N) is 1. The zero-order valence-corrected chi connectivity index (χ0v) is 22.6. The Morgan fingerprint density at radius 2 is 1.55 bits per heavy atom. The van der Waals surface area contributed by atoms with Crippen molar-refractivity contribution in [3.05, 3.63) is 0 Å². The largest absolute Gasteiger partial charge is 0.411 e. The molecular formula is C30H49NO2. The van der Waals surface area contributed by atoms with E-state index < -0.39 is 5.41 Å². The van der Waals surface area contributed by atoms with Crippen LogP contribution in [0.1, 0.15) is 113 Å². The molecule has 3 heteroatoms. The highest BCUT2D eigenvalue weighted by molar-refractivity contribution is 6.42. The van der Waals surface area contributed by atoms with Gasteiger partial charge in [0.25, 0.3) is 0 Å². The van der Waals surface area contributed by atoms with Crippen LogP contribution < -0.4 is 0 Å². The molecule has 0 aromatic heterocycles. The molecule has 33 heavy (non-hydrogen) atoms. The van der Waals surface area contributed by atoms with Crippen LogP contribution in [0.25, 0.3) is 0 Å². The van der Waals surface area contributed by atoms with E-state index in [9.17, 15) is 10.0 Å². The second-order valence-electron chi connectivity index (χ2n) is 15.1. The third-order valence-corrected chi connectivity index (χ3v) is 13.4. The number of ketones is 1. The van der Waals surface area contributed by atoms with Gasteiger partial charge in [0.15, 0.2) is 5.78 Å². The van der Waals surface area contributed by atoms with Gasteiger partial charge in [-0.2, -0.15) is 0 Å². The molecule has 0 bridgehead atoms. The Bertz CT molecular complexity index is 875. The van der Waals surface area contributed by atoms with Gasteiger partial charge in [-0.1, -0.05) is 60.5 Å². The van der Waals surface area contributed by atoms with Crippen molar-refractivity contribution in [2.75, 3.05) is 0 Å². The zero-order chi connectivity index (χ0) is 24.2. The Morgan fingerprint density at radius 3 is 2.18 bits per heavy atom. The van der Waals surface area contributed by atoms with E-state index in [1.165, 1.54) is 44.9 Å². The van der Waals surface area contributed by atoms with Crippen LogP contribution in [-0.2, 0) is 4.79 Å². The van der Waals surface area contributed by atoms with Crippen molar-refractivity contribution in [3.8, 4) is 0 Å². The Balaban J connectivity index is 1.57. The lowest BCUT2D eigenvalue weighted by molar-refractivity contribution is -0.228. The van der Waals surface area contributed by atoms with Crippen LogP contribution in [0.5, 0.6) is 0 Å². The van der Waals surface area contributed by atoms with E-state index in [0.29, 0.717) is 40.2 Å². The number of hydrogen-bond donors (Lipinski definition) is 1. The van der Waals surface area contributed by atoms with Crippen molar-refractivity contribution in [2.24, 2.45) is 67.7 Å².